The number of aryl methyl sites for hydroxylation is 1. The minimum Gasteiger partial charge on any atom is -0.496 e. The lowest BCUT2D eigenvalue weighted by molar-refractivity contribution is 0.281. The van der Waals surface area contributed by atoms with Crippen molar-refractivity contribution in [3.8, 4) is 17.6 Å². The largest absolute Gasteiger partial charge is 0.496 e. The summed E-state index contributed by atoms with van der Waals surface area (Å²) in [7, 11) is 1.66. The molecule has 0 bridgehead atoms. The predicted molar refractivity (Wildman–Crippen MR) is 177 cm³/mol. The monoisotopic (exact) mass is 546 g/mol. The topological polar surface area (TPSA) is 77.2 Å². The lowest BCUT2D eigenvalue weighted by atomic mass is 9.97. The molecule has 3 N–H and O–H groups in total. The highest BCUT2D eigenvalue weighted by molar-refractivity contribution is 6.00. The summed E-state index contributed by atoms with van der Waals surface area (Å²) in [6, 6.07) is 5.85. The molecule has 0 aliphatic heterocycles. The zero-order valence-electron chi connectivity index (χ0n) is 26.8. The van der Waals surface area contributed by atoms with E-state index in [-0.39, 0.29) is 6.61 Å². The fraction of sp³-hybridized carbons (Fsp3) is 0.444. The first-order valence-electron chi connectivity index (χ1n) is 14.2. The first kappa shape index (κ1) is 38.7. The molecule has 0 aromatic heterocycles. The Hall–Kier alpha value is -3.42. The van der Waals surface area contributed by atoms with Gasteiger partial charge in [-0.3, -0.25) is 0 Å². The summed E-state index contributed by atoms with van der Waals surface area (Å²) in [6.07, 6.45) is 13.6. The van der Waals surface area contributed by atoms with Crippen molar-refractivity contribution in [2.45, 2.75) is 94.6 Å². The van der Waals surface area contributed by atoms with Crippen LogP contribution in [-0.4, -0.2) is 24.1 Å². The van der Waals surface area contributed by atoms with Gasteiger partial charge in [-0.25, -0.2) is 0 Å². The summed E-state index contributed by atoms with van der Waals surface area (Å²) in [6.45, 7) is 22.2. The van der Waals surface area contributed by atoms with Crippen LogP contribution < -0.4 is 4.74 Å². The molecule has 0 heterocycles. The number of ether oxygens (including phenoxy) is 1. The van der Waals surface area contributed by atoms with Crippen molar-refractivity contribution < 1.29 is 9.84 Å². The molecule has 0 aliphatic rings. The van der Waals surface area contributed by atoms with Gasteiger partial charge in [-0.2, -0.15) is 0 Å². The molecule has 0 saturated heterocycles. The molecule has 0 saturated carbocycles. The van der Waals surface area contributed by atoms with Gasteiger partial charge in [0.05, 0.1) is 13.7 Å². The molecule has 1 unspecified atom stereocenters. The number of methoxy groups -OCH3 is 1. The third-order valence-corrected chi connectivity index (χ3v) is 6.02. The van der Waals surface area contributed by atoms with Crippen LogP contribution in [0.4, 0.5) is 0 Å². The van der Waals surface area contributed by atoms with Gasteiger partial charge in [0.1, 0.15) is 5.75 Å². The smallest absolute Gasteiger partial charge is 0.122 e. The molecule has 1 aromatic carbocycles. The highest BCUT2D eigenvalue weighted by atomic mass is 16.5. The van der Waals surface area contributed by atoms with E-state index in [0.29, 0.717) is 11.6 Å². The molecule has 0 amide bonds. The third kappa shape index (κ3) is 16.5. The number of hydrogen-bond donors (Lipinski definition) is 3. The molecule has 0 radical (unpaired) electrons. The lowest BCUT2D eigenvalue weighted by Crippen LogP contribution is -1.98. The van der Waals surface area contributed by atoms with Crippen molar-refractivity contribution in [2.75, 3.05) is 7.11 Å². The van der Waals surface area contributed by atoms with E-state index < -0.39 is 0 Å². The molecule has 220 valence electrons. The molecule has 0 fully saturated rings. The number of aliphatic hydroxyl groups is 1. The molecule has 4 nitrogen and oxygen atoms in total. The van der Waals surface area contributed by atoms with Crippen LogP contribution in [0.15, 0.2) is 76.9 Å². The molecular weight excluding hydrogens is 492 g/mol. The van der Waals surface area contributed by atoms with Crippen molar-refractivity contribution >= 4 is 11.9 Å². The summed E-state index contributed by atoms with van der Waals surface area (Å²) in [5.74, 6) is 7.52. The van der Waals surface area contributed by atoms with Crippen LogP contribution in [0.2, 0.25) is 0 Å². The van der Waals surface area contributed by atoms with Crippen molar-refractivity contribution in [1.82, 2.24) is 0 Å². The van der Waals surface area contributed by atoms with Crippen LogP contribution in [0.3, 0.4) is 0 Å². The molecular formula is C36H54N2O2. The summed E-state index contributed by atoms with van der Waals surface area (Å²) >= 11 is 0. The lowest BCUT2D eigenvalue weighted by Gasteiger charge is -2.08. The number of allylic oxidation sites excluding steroid dienone is 9. The maximum absolute atomic E-state index is 8.92. The quantitative estimate of drug-likeness (QED) is 0.147. The van der Waals surface area contributed by atoms with Gasteiger partial charge in [0.25, 0.3) is 0 Å². The zero-order valence-corrected chi connectivity index (χ0v) is 26.8. The minimum atomic E-state index is 0.0722. The van der Waals surface area contributed by atoms with E-state index in [1.165, 1.54) is 18.2 Å². The Morgan fingerprint density at radius 2 is 1.80 bits per heavy atom. The van der Waals surface area contributed by atoms with Gasteiger partial charge in [-0.05, 0) is 92.5 Å². The van der Waals surface area contributed by atoms with Gasteiger partial charge in [-0.1, -0.05) is 94.9 Å². The maximum Gasteiger partial charge on any atom is 0.122 e. The summed E-state index contributed by atoms with van der Waals surface area (Å²) in [4.78, 5) is 0. The second kappa shape index (κ2) is 23.5. The predicted octanol–water partition coefficient (Wildman–Crippen LogP) is 9.60. The Labute approximate surface area is 245 Å². The minimum absolute atomic E-state index is 0.0722. The average Bonchev–Trinajstić information content (AvgIpc) is 2.92. The van der Waals surface area contributed by atoms with Gasteiger partial charge >= 0.3 is 0 Å². The van der Waals surface area contributed by atoms with Crippen LogP contribution in [0.5, 0.6) is 5.75 Å². The molecule has 40 heavy (non-hydrogen) atoms. The Balaban J connectivity index is 0. The molecule has 0 spiro atoms. The van der Waals surface area contributed by atoms with E-state index in [1.807, 2.05) is 64.1 Å². The van der Waals surface area contributed by atoms with Crippen LogP contribution >= 0.6 is 0 Å². The number of hydrogen-bond acceptors (Lipinski definition) is 4. The van der Waals surface area contributed by atoms with Gasteiger partial charge in [0.15, 0.2) is 0 Å². The van der Waals surface area contributed by atoms with Crippen molar-refractivity contribution in [1.29, 1.82) is 10.8 Å². The van der Waals surface area contributed by atoms with Crippen LogP contribution in [-0.2, 0) is 13.0 Å². The maximum atomic E-state index is 8.92. The van der Waals surface area contributed by atoms with E-state index in [4.69, 9.17) is 20.7 Å². The summed E-state index contributed by atoms with van der Waals surface area (Å²) in [5, 5.41) is 24.0. The second-order valence-electron chi connectivity index (χ2n) is 9.71. The summed E-state index contributed by atoms with van der Waals surface area (Å²) < 4.78 is 5.23. The van der Waals surface area contributed by atoms with E-state index in [0.717, 1.165) is 58.4 Å². The number of nitrogens with one attached hydrogen (secondary N) is 2. The van der Waals surface area contributed by atoms with Crippen LogP contribution in [0.25, 0.3) is 0 Å². The molecule has 1 atom stereocenters. The van der Waals surface area contributed by atoms with Gasteiger partial charge in [-0.15, -0.1) is 0 Å². The first-order chi connectivity index (χ1) is 19.0. The van der Waals surface area contributed by atoms with E-state index in [2.05, 4.69) is 52.2 Å². The fourth-order valence-corrected chi connectivity index (χ4v) is 3.59. The first-order valence-corrected chi connectivity index (χ1v) is 14.2. The van der Waals surface area contributed by atoms with Crippen LogP contribution in [0.1, 0.15) is 92.7 Å². The zero-order chi connectivity index (χ0) is 31.1. The van der Waals surface area contributed by atoms with Gasteiger partial charge in [0.2, 0.25) is 0 Å². The molecule has 1 rings (SSSR count). The Kier molecular flexibility index (Phi) is 22.7. The average molecular weight is 547 g/mol. The number of benzene rings is 1. The fourth-order valence-electron chi connectivity index (χ4n) is 3.59. The van der Waals surface area contributed by atoms with Gasteiger partial charge in [0, 0.05) is 18.3 Å². The normalized spacial score (nSPS) is 11.6. The molecule has 1 aromatic rings. The van der Waals surface area contributed by atoms with E-state index in [9.17, 15) is 0 Å². The SMILES string of the molecule is C=C(/C=C(C)\C(=C/C)C(C)=N)C(C=N)=C(C)C.CCC#C/C=C\C(C)CC.CCCc1ccc(CO)cc1OC. The number of rotatable bonds is 11. The Bertz CT molecular complexity index is 1120. The summed E-state index contributed by atoms with van der Waals surface area (Å²) in [5.41, 5.74) is 7.32. The van der Waals surface area contributed by atoms with Crippen LogP contribution in [0, 0.1) is 28.6 Å². The molecule has 4 heteroatoms. The van der Waals surface area contributed by atoms with Crippen molar-refractivity contribution in [2.24, 2.45) is 5.92 Å². The highest BCUT2D eigenvalue weighted by Crippen LogP contribution is 2.21. The third-order valence-electron chi connectivity index (χ3n) is 6.02. The Morgan fingerprint density at radius 1 is 1.15 bits per heavy atom. The number of aliphatic hydroxyl groups excluding tert-OH is 1. The van der Waals surface area contributed by atoms with E-state index >= 15 is 0 Å². The standard InChI is InChI=1S/C15H22N2.C11H16O2.C10H16/c1-7-14(13(6)17)11(4)8-12(5)15(9-16)10(2)3;1-3-4-10-6-5-9(8-12)7-11(10)13-2;1-4-6-7-8-9-10(3)5-2/h7-9,16-17H,5H2,1-4,6H3;5-7,12H,3-4,8H2,1-2H3;8-10H,4-5H2,1-3H3/b11-8-,14-7+,16-9?,17-13?;;9-8-. The van der Waals surface area contributed by atoms with Crippen molar-refractivity contribution in [3.63, 3.8) is 0 Å². The highest BCUT2D eigenvalue weighted by Gasteiger charge is 2.05. The Morgan fingerprint density at radius 3 is 2.23 bits per heavy atom. The van der Waals surface area contributed by atoms with Gasteiger partial charge < -0.3 is 20.7 Å². The van der Waals surface area contributed by atoms with E-state index in [1.54, 1.807) is 14.0 Å². The van der Waals surface area contributed by atoms with Crippen molar-refractivity contribution in [3.05, 3.63) is 88.1 Å². The second-order valence-corrected chi connectivity index (χ2v) is 9.71. The molecule has 0 aliphatic carbocycles.